The topological polar surface area (TPSA) is 39.1 Å². The Bertz CT molecular complexity index is 644. The highest BCUT2D eigenvalue weighted by Crippen LogP contribution is 2.28. The second-order valence-corrected chi connectivity index (χ2v) is 6.92. The highest BCUT2D eigenvalue weighted by molar-refractivity contribution is 5.27. The van der Waals surface area contributed by atoms with E-state index >= 15 is 0 Å². The standard InChI is InChI=1S/C20H29N3O/c1-16-6-5-9-20(12-16)24-15-19-13-18(14-21-2)22-23(19)11-10-17-7-3-4-8-17/h5-6,9,12-13,17,21H,3-4,7-8,10-11,14-15H2,1-2H3. The van der Waals surface area contributed by atoms with Crippen molar-refractivity contribution in [2.45, 2.75) is 58.7 Å². The Balaban J connectivity index is 1.65. The van der Waals surface area contributed by atoms with Gasteiger partial charge in [-0.25, -0.2) is 0 Å². The molecule has 0 amide bonds. The van der Waals surface area contributed by atoms with Gasteiger partial charge >= 0.3 is 0 Å². The van der Waals surface area contributed by atoms with E-state index in [1.165, 1.54) is 43.4 Å². The van der Waals surface area contributed by atoms with Gasteiger partial charge in [-0.1, -0.05) is 37.8 Å². The normalized spacial score (nSPS) is 15.1. The Morgan fingerprint density at radius 3 is 2.83 bits per heavy atom. The van der Waals surface area contributed by atoms with Crippen LogP contribution >= 0.6 is 0 Å². The quantitative estimate of drug-likeness (QED) is 0.794. The fourth-order valence-electron chi connectivity index (χ4n) is 3.56. The van der Waals surface area contributed by atoms with Crippen LogP contribution in [0.25, 0.3) is 0 Å². The van der Waals surface area contributed by atoms with Gasteiger partial charge in [-0.05, 0) is 50.1 Å². The minimum atomic E-state index is 0.574. The van der Waals surface area contributed by atoms with E-state index in [1.54, 1.807) is 0 Å². The fraction of sp³-hybridized carbons (Fsp3) is 0.550. The second-order valence-electron chi connectivity index (χ2n) is 6.92. The summed E-state index contributed by atoms with van der Waals surface area (Å²) >= 11 is 0. The van der Waals surface area contributed by atoms with Crippen LogP contribution < -0.4 is 10.1 Å². The van der Waals surface area contributed by atoms with Gasteiger partial charge in [0.05, 0.1) is 11.4 Å². The number of nitrogens with one attached hydrogen (secondary N) is 1. The third-order valence-electron chi connectivity index (χ3n) is 4.87. The van der Waals surface area contributed by atoms with Gasteiger partial charge in [0.25, 0.3) is 0 Å². The maximum atomic E-state index is 6.00. The van der Waals surface area contributed by atoms with E-state index in [4.69, 9.17) is 9.84 Å². The van der Waals surface area contributed by atoms with Crippen molar-refractivity contribution >= 4 is 0 Å². The highest BCUT2D eigenvalue weighted by atomic mass is 16.5. The Kier molecular flexibility index (Phi) is 5.91. The summed E-state index contributed by atoms with van der Waals surface area (Å²) in [4.78, 5) is 0. The van der Waals surface area contributed by atoms with Gasteiger partial charge in [0.2, 0.25) is 0 Å². The number of ether oxygens (including phenoxy) is 1. The molecule has 4 heteroatoms. The lowest BCUT2D eigenvalue weighted by atomic mass is 10.0. The largest absolute Gasteiger partial charge is 0.487 e. The summed E-state index contributed by atoms with van der Waals surface area (Å²) in [5.41, 5.74) is 3.48. The van der Waals surface area contributed by atoms with Crippen LogP contribution in [0.3, 0.4) is 0 Å². The van der Waals surface area contributed by atoms with Gasteiger partial charge in [0.1, 0.15) is 12.4 Å². The van der Waals surface area contributed by atoms with Crippen LogP contribution in [0.1, 0.15) is 49.1 Å². The summed E-state index contributed by atoms with van der Waals surface area (Å²) < 4.78 is 8.15. The molecule has 2 aromatic rings. The molecule has 1 aromatic carbocycles. The summed E-state index contributed by atoms with van der Waals surface area (Å²) in [5, 5.41) is 7.95. The average Bonchev–Trinajstić information content (AvgIpc) is 3.21. The van der Waals surface area contributed by atoms with Crippen molar-refractivity contribution in [3.05, 3.63) is 47.3 Å². The molecule has 0 unspecified atom stereocenters. The summed E-state index contributed by atoms with van der Waals surface area (Å²) in [7, 11) is 1.96. The van der Waals surface area contributed by atoms with E-state index in [0.717, 1.165) is 30.5 Å². The molecule has 1 aliphatic carbocycles. The van der Waals surface area contributed by atoms with E-state index in [2.05, 4.69) is 35.1 Å². The molecule has 0 saturated heterocycles. The molecule has 1 fully saturated rings. The van der Waals surface area contributed by atoms with Crippen LogP contribution in [0, 0.1) is 12.8 Å². The van der Waals surface area contributed by atoms with Crippen LogP contribution in [0.15, 0.2) is 30.3 Å². The summed E-state index contributed by atoms with van der Waals surface area (Å²) in [6, 6.07) is 10.4. The molecule has 0 aliphatic heterocycles. The number of hydrogen-bond acceptors (Lipinski definition) is 3. The van der Waals surface area contributed by atoms with Crippen molar-refractivity contribution < 1.29 is 4.74 Å². The third-order valence-corrected chi connectivity index (χ3v) is 4.87. The molecule has 0 radical (unpaired) electrons. The van der Waals surface area contributed by atoms with Crippen molar-refractivity contribution in [2.24, 2.45) is 5.92 Å². The molecular weight excluding hydrogens is 298 g/mol. The molecular formula is C20H29N3O. The zero-order chi connectivity index (χ0) is 16.8. The minimum absolute atomic E-state index is 0.574. The zero-order valence-corrected chi connectivity index (χ0v) is 14.9. The van der Waals surface area contributed by atoms with E-state index in [-0.39, 0.29) is 0 Å². The molecule has 1 saturated carbocycles. The van der Waals surface area contributed by atoms with Crippen LogP contribution in [-0.2, 0) is 19.7 Å². The van der Waals surface area contributed by atoms with Crippen LogP contribution in [-0.4, -0.2) is 16.8 Å². The van der Waals surface area contributed by atoms with Crippen molar-refractivity contribution in [2.75, 3.05) is 7.05 Å². The van der Waals surface area contributed by atoms with Crippen molar-refractivity contribution in [1.82, 2.24) is 15.1 Å². The van der Waals surface area contributed by atoms with Crippen molar-refractivity contribution in [1.29, 1.82) is 0 Å². The van der Waals surface area contributed by atoms with Gasteiger partial charge in [0.15, 0.2) is 0 Å². The van der Waals surface area contributed by atoms with E-state index in [0.29, 0.717) is 6.61 Å². The maximum absolute atomic E-state index is 6.00. The first-order valence-corrected chi connectivity index (χ1v) is 9.14. The molecule has 0 spiro atoms. The monoisotopic (exact) mass is 327 g/mol. The molecule has 1 aromatic heterocycles. The Morgan fingerprint density at radius 1 is 1.25 bits per heavy atom. The number of nitrogens with zero attached hydrogens (tertiary/aromatic N) is 2. The maximum Gasteiger partial charge on any atom is 0.130 e. The second kappa shape index (κ2) is 8.34. The number of aromatic nitrogens is 2. The minimum Gasteiger partial charge on any atom is -0.487 e. The number of rotatable bonds is 8. The first kappa shape index (κ1) is 17.0. The van der Waals surface area contributed by atoms with Gasteiger partial charge < -0.3 is 10.1 Å². The van der Waals surface area contributed by atoms with E-state index < -0.39 is 0 Å². The molecule has 1 N–H and O–H groups in total. The van der Waals surface area contributed by atoms with Crippen molar-refractivity contribution in [3.63, 3.8) is 0 Å². The molecule has 1 heterocycles. The molecule has 24 heavy (non-hydrogen) atoms. The highest BCUT2D eigenvalue weighted by Gasteiger charge is 2.16. The predicted molar refractivity (Wildman–Crippen MR) is 97.1 cm³/mol. The summed E-state index contributed by atoms with van der Waals surface area (Å²) in [6.45, 7) is 4.46. The Morgan fingerprint density at radius 2 is 2.08 bits per heavy atom. The van der Waals surface area contributed by atoms with Crippen molar-refractivity contribution in [3.8, 4) is 5.75 Å². The third kappa shape index (κ3) is 4.60. The number of aryl methyl sites for hydroxylation is 2. The lowest BCUT2D eigenvalue weighted by Gasteiger charge is -2.12. The summed E-state index contributed by atoms with van der Waals surface area (Å²) in [6.07, 6.45) is 6.81. The number of hydrogen-bond donors (Lipinski definition) is 1. The smallest absolute Gasteiger partial charge is 0.130 e. The molecule has 3 rings (SSSR count). The zero-order valence-electron chi connectivity index (χ0n) is 14.9. The molecule has 1 aliphatic rings. The molecule has 130 valence electrons. The first-order chi connectivity index (χ1) is 11.7. The Labute approximate surface area is 145 Å². The van der Waals surface area contributed by atoms with Gasteiger partial charge in [-0.3, -0.25) is 4.68 Å². The fourth-order valence-corrected chi connectivity index (χ4v) is 3.56. The van der Waals surface area contributed by atoms with Crippen LogP contribution in [0.4, 0.5) is 0 Å². The molecule has 0 bridgehead atoms. The van der Waals surface area contributed by atoms with Crippen LogP contribution in [0.5, 0.6) is 5.75 Å². The average molecular weight is 327 g/mol. The van der Waals surface area contributed by atoms with Gasteiger partial charge in [-0.2, -0.15) is 5.10 Å². The van der Waals surface area contributed by atoms with E-state index in [1.807, 2.05) is 19.2 Å². The predicted octanol–water partition coefficient (Wildman–Crippen LogP) is 4.07. The van der Waals surface area contributed by atoms with Gasteiger partial charge in [-0.15, -0.1) is 0 Å². The Hall–Kier alpha value is -1.81. The lowest BCUT2D eigenvalue weighted by Crippen LogP contribution is -2.11. The first-order valence-electron chi connectivity index (χ1n) is 9.14. The van der Waals surface area contributed by atoms with Gasteiger partial charge in [0, 0.05) is 13.1 Å². The summed E-state index contributed by atoms with van der Waals surface area (Å²) in [5.74, 6) is 1.81. The SMILES string of the molecule is CNCc1cc(COc2cccc(C)c2)n(CCC2CCCC2)n1. The molecule has 0 atom stereocenters. The molecule has 4 nitrogen and oxygen atoms in total. The lowest BCUT2D eigenvalue weighted by molar-refractivity contribution is 0.288. The number of benzene rings is 1. The van der Waals surface area contributed by atoms with Crippen LogP contribution in [0.2, 0.25) is 0 Å². The van der Waals surface area contributed by atoms with E-state index in [9.17, 15) is 0 Å².